The number of β-amino-alcohol motifs (C(OH)–C–C–N with tert-alkyl or cyclic N) is 1. The van der Waals surface area contributed by atoms with Crippen molar-refractivity contribution in [2.75, 3.05) is 50.8 Å². The van der Waals surface area contributed by atoms with E-state index in [1.807, 2.05) is 0 Å². The lowest BCUT2D eigenvalue weighted by Crippen LogP contribution is -2.33. The standard InChI is InChI=1S/C16H27N3O/c1-2-17-14-15-6-3-4-7-16(15)19-9-5-8-18(10-11-19)12-13-20/h3-4,6-7,17,20H,2,5,8-14H2,1H3. The molecule has 0 bridgehead atoms. The second kappa shape index (κ2) is 8.25. The Morgan fingerprint density at radius 3 is 2.80 bits per heavy atom. The van der Waals surface area contributed by atoms with Crippen LogP contribution in [0.5, 0.6) is 0 Å². The van der Waals surface area contributed by atoms with E-state index in [0.29, 0.717) is 0 Å². The molecule has 2 N–H and O–H groups in total. The second-order valence-corrected chi connectivity index (χ2v) is 5.31. The molecule has 1 aromatic rings. The Labute approximate surface area is 122 Å². The van der Waals surface area contributed by atoms with Crippen molar-refractivity contribution in [3.05, 3.63) is 29.8 Å². The van der Waals surface area contributed by atoms with Gasteiger partial charge in [-0.05, 0) is 31.1 Å². The van der Waals surface area contributed by atoms with Crippen molar-refractivity contribution in [3.63, 3.8) is 0 Å². The molecule has 1 fully saturated rings. The van der Waals surface area contributed by atoms with E-state index in [-0.39, 0.29) is 6.61 Å². The third-order valence-electron chi connectivity index (χ3n) is 3.90. The van der Waals surface area contributed by atoms with Gasteiger partial charge in [-0.1, -0.05) is 25.1 Å². The topological polar surface area (TPSA) is 38.7 Å². The molecule has 20 heavy (non-hydrogen) atoms. The second-order valence-electron chi connectivity index (χ2n) is 5.31. The summed E-state index contributed by atoms with van der Waals surface area (Å²) in [6.07, 6.45) is 1.16. The van der Waals surface area contributed by atoms with Crippen LogP contribution in [0.3, 0.4) is 0 Å². The number of hydrogen-bond donors (Lipinski definition) is 2. The molecule has 1 aliphatic heterocycles. The van der Waals surface area contributed by atoms with Gasteiger partial charge >= 0.3 is 0 Å². The van der Waals surface area contributed by atoms with E-state index in [0.717, 1.165) is 52.2 Å². The van der Waals surface area contributed by atoms with Crippen LogP contribution in [0.15, 0.2) is 24.3 Å². The first-order valence-corrected chi connectivity index (χ1v) is 7.72. The van der Waals surface area contributed by atoms with Gasteiger partial charge in [0, 0.05) is 38.4 Å². The van der Waals surface area contributed by atoms with E-state index in [4.69, 9.17) is 5.11 Å². The molecule has 1 saturated heterocycles. The molecule has 0 spiro atoms. The molecule has 0 saturated carbocycles. The summed E-state index contributed by atoms with van der Waals surface area (Å²) in [6, 6.07) is 8.69. The molecular formula is C16H27N3O. The zero-order valence-corrected chi connectivity index (χ0v) is 12.5. The number of nitrogens with one attached hydrogen (secondary N) is 1. The van der Waals surface area contributed by atoms with Crippen LogP contribution < -0.4 is 10.2 Å². The quantitative estimate of drug-likeness (QED) is 0.822. The molecule has 2 rings (SSSR count). The van der Waals surface area contributed by atoms with Crippen LogP contribution in [0, 0.1) is 0 Å². The van der Waals surface area contributed by atoms with Crippen molar-refractivity contribution < 1.29 is 5.11 Å². The summed E-state index contributed by atoms with van der Waals surface area (Å²) in [5.41, 5.74) is 2.74. The maximum atomic E-state index is 9.07. The Balaban J connectivity index is 2.03. The molecule has 4 heteroatoms. The average Bonchev–Trinajstić information content (AvgIpc) is 2.71. The van der Waals surface area contributed by atoms with Gasteiger partial charge in [-0.3, -0.25) is 4.90 Å². The zero-order valence-electron chi connectivity index (χ0n) is 12.5. The van der Waals surface area contributed by atoms with Crippen molar-refractivity contribution >= 4 is 5.69 Å². The minimum Gasteiger partial charge on any atom is -0.395 e. The van der Waals surface area contributed by atoms with Gasteiger partial charge < -0.3 is 15.3 Å². The smallest absolute Gasteiger partial charge is 0.0558 e. The molecule has 0 aromatic heterocycles. The number of anilines is 1. The molecule has 1 heterocycles. The van der Waals surface area contributed by atoms with Crippen molar-refractivity contribution in [2.24, 2.45) is 0 Å². The number of rotatable bonds is 6. The normalized spacial score (nSPS) is 17.2. The van der Waals surface area contributed by atoms with Gasteiger partial charge in [0.15, 0.2) is 0 Å². The van der Waals surface area contributed by atoms with Gasteiger partial charge in [0.2, 0.25) is 0 Å². The van der Waals surface area contributed by atoms with Crippen LogP contribution in [0.4, 0.5) is 5.69 Å². The molecule has 0 atom stereocenters. The fourth-order valence-corrected chi connectivity index (χ4v) is 2.81. The van der Waals surface area contributed by atoms with Crippen LogP contribution in [0.25, 0.3) is 0 Å². The Hall–Kier alpha value is -1.10. The van der Waals surface area contributed by atoms with Crippen LogP contribution in [0.2, 0.25) is 0 Å². The van der Waals surface area contributed by atoms with Gasteiger partial charge in [-0.2, -0.15) is 0 Å². The van der Waals surface area contributed by atoms with E-state index < -0.39 is 0 Å². The fourth-order valence-electron chi connectivity index (χ4n) is 2.81. The van der Waals surface area contributed by atoms with E-state index in [2.05, 4.69) is 46.3 Å². The van der Waals surface area contributed by atoms with Crippen molar-refractivity contribution in [2.45, 2.75) is 19.9 Å². The highest BCUT2D eigenvalue weighted by atomic mass is 16.3. The van der Waals surface area contributed by atoms with Crippen LogP contribution >= 0.6 is 0 Å². The Morgan fingerprint density at radius 2 is 2.00 bits per heavy atom. The summed E-state index contributed by atoms with van der Waals surface area (Å²) in [6.45, 7) is 9.41. The Bertz CT molecular complexity index is 397. The first kappa shape index (κ1) is 15.3. The number of para-hydroxylation sites is 1. The van der Waals surface area contributed by atoms with E-state index >= 15 is 0 Å². The highest BCUT2D eigenvalue weighted by Gasteiger charge is 2.16. The largest absolute Gasteiger partial charge is 0.395 e. The summed E-state index contributed by atoms with van der Waals surface area (Å²) >= 11 is 0. The molecular weight excluding hydrogens is 250 g/mol. The molecule has 0 amide bonds. The highest BCUT2D eigenvalue weighted by Crippen LogP contribution is 2.21. The SMILES string of the molecule is CCNCc1ccccc1N1CCCN(CCO)CC1. The number of benzene rings is 1. The summed E-state index contributed by atoms with van der Waals surface area (Å²) in [5, 5.41) is 12.5. The predicted octanol–water partition coefficient (Wildman–Crippen LogP) is 1.30. The number of aliphatic hydroxyl groups is 1. The van der Waals surface area contributed by atoms with Crippen LogP contribution in [0.1, 0.15) is 18.9 Å². The van der Waals surface area contributed by atoms with Gasteiger partial charge in [0.25, 0.3) is 0 Å². The number of nitrogens with zero attached hydrogens (tertiary/aromatic N) is 2. The zero-order chi connectivity index (χ0) is 14.2. The minimum atomic E-state index is 0.261. The third kappa shape index (κ3) is 4.20. The molecule has 0 aliphatic carbocycles. The van der Waals surface area contributed by atoms with E-state index in [1.165, 1.54) is 11.3 Å². The number of aliphatic hydroxyl groups excluding tert-OH is 1. The molecule has 1 aliphatic rings. The van der Waals surface area contributed by atoms with Crippen molar-refractivity contribution in [3.8, 4) is 0 Å². The summed E-state index contributed by atoms with van der Waals surface area (Å²) in [4.78, 5) is 4.84. The minimum absolute atomic E-state index is 0.261. The summed E-state index contributed by atoms with van der Waals surface area (Å²) in [5.74, 6) is 0. The predicted molar refractivity (Wildman–Crippen MR) is 84.2 cm³/mol. The number of hydrogen-bond acceptors (Lipinski definition) is 4. The Morgan fingerprint density at radius 1 is 1.15 bits per heavy atom. The summed E-state index contributed by atoms with van der Waals surface area (Å²) < 4.78 is 0. The van der Waals surface area contributed by atoms with E-state index in [1.54, 1.807) is 0 Å². The molecule has 112 valence electrons. The van der Waals surface area contributed by atoms with Gasteiger partial charge in [0.1, 0.15) is 0 Å². The first-order chi connectivity index (χ1) is 9.85. The van der Waals surface area contributed by atoms with Gasteiger partial charge in [-0.25, -0.2) is 0 Å². The van der Waals surface area contributed by atoms with Crippen molar-refractivity contribution in [1.82, 2.24) is 10.2 Å². The van der Waals surface area contributed by atoms with Gasteiger partial charge in [0.05, 0.1) is 6.61 Å². The molecule has 4 nitrogen and oxygen atoms in total. The lowest BCUT2D eigenvalue weighted by atomic mass is 10.1. The lowest BCUT2D eigenvalue weighted by molar-refractivity contribution is 0.204. The maximum Gasteiger partial charge on any atom is 0.0558 e. The third-order valence-corrected chi connectivity index (χ3v) is 3.90. The monoisotopic (exact) mass is 277 g/mol. The van der Waals surface area contributed by atoms with E-state index in [9.17, 15) is 0 Å². The molecule has 1 aromatic carbocycles. The van der Waals surface area contributed by atoms with Gasteiger partial charge in [-0.15, -0.1) is 0 Å². The Kier molecular flexibility index (Phi) is 6.30. The van der Waals surface area contributed by atoms with Crippen LogP contribution in [-0.2, 0) is 6.54 Å². The highest BCUT2D eigenvalue weighted by molar-refractivity contribution is 5.53. The molecule has 0 unspecified atom stereocenters. The fraction of sp³-hybridized carbons (Fsp3) is 0.625. The lowest BCUT2D eigenvalue weighted by Gasteiger charge is -2.26. The van der Waals surface area contributed by atoms with Crippen molar-refractivity contribution in [1.29, 1.82) is 0 Å². The first-order valence-electron chi connectivity index (χ1n) is 7.72. The average molecular weight is 277 g/mol. The van der Waals surface area contributed by atoms with Crippen LogP contribution in [-0.4, -0.2) is 55.9 Å². The molecule has 0 radical (unpaired) electrons. The maximum absolute atomic E-state index is 9.07. The summed E-state index contributed by atoms with van der Waals surface area (Å²) in [7, 11) is 0.